The molecule has 0 amide bonds. The number of rotatable bonds is 4. The zero-order valence-electron chi connectivity index (χ0n) is 11.4. The van der Waals surface area contributed by atoms with Gasteiger partial charge in [-0.3, -0.25) is 9.59 Å². The number of fused-ring (bicyclic) bond motifs is 1. The largest absolute Gasteiger partial charge is 0.392 e. The Morgan fingerprint density at radius 3 is 2.63 bits per heavy atom. The van der Waals surface area contributed by atoms with Crippen molar-refractivity contribution in [1.82, 2.24) is 0 Å². The molecule has 0 aromatic carbocycles. The number of ketones is 2. The van der Waals surface area contributed by atoms with Crippen LogP contribution in [0.1, 0.15) is 27.2 Å². The van der Waals surface area contributed by atoms with Crippen LogP contribution in [-0.2, 0) is 14.3 Å². The number of aliphatic hydroxyl groups is 1. The minimum Gasteiger partial charge on any atom is -0.392 e. The van der Waals surface area contributed by atoms with Gasteiger partial charge in [-0.15, -0.1) is 0 Å². The highest BCUT2D eigenvalue weighted by Crippen LogP contribution is 2.48. The number of hydrogen-bond donors (Lipinski definition) is 1. The van der Waals surface area contributed by atoms with Crippen molar-refractivity contribution in [3.05, 3.63) is 34.9 Å². The van der Waals surface area contributed by atoms with E-state index in [1.165, 1.54) is 0 Å². The summed E-state index contributed by atoms with van der Waals surface area (Å²) in [7, 11) is 0. The molecule has 0 bridgehead atoms. The highest BCUT2D eigenvalue weighted by atomic mass is 16.6. The molecule has 19 heavy (non-hydrogen) atoms. The fourth-order valence-electron chi connectivity index (χ4n) is 2.38. The lowest BCUT2D eigenvalue weighted by molar-refractivity contribution is -0.123. The van der Waals surface area contributed by atoms with Crippen LogP contribution >= 0.6 is 0 Å². The van der Waals surface area contributed by atoms with Gasteiger partial charge in [-0.1, -0.05) is 23.8 Å². The minimum absolute atomic E-state index is 0.165. The normalized spacial score (nSPS) is 29.8. The molecular formula is C15H18O4. The van der Waals surface area contributed by atoms with E-state index in [2.05, 4.69) is 0 Å². The molecule has 0 aromatic heterocycles. The molecule has 4 heteroatoms. The molecule has 0 unspecified atom stereocenters. The van der Waals surface area contributed by atoms with Gasteiger partial charge in [-0.2, -0.15) is 0 Å². The fourth-order valence-corrected chi connectivity index (χ4v) is 2.38. The number of aliphatic hydroxyl groups excluding tert-OH is 1. The van der Waals surface area contributed by atoms with Gasteiger partial charge in [0.2, 0.25) is 0 Å². The van der Waals surface area contributed by atoms with E-state index in [-0.39, 0.29) is 22.7 Å². The molecule has 0 saturated carbocycles. The molecule has 1 aliphatic carbocycles. The van der Waals surface area contributed by atoms with Gasteiger partial charge in [-0.05, 0) is 20.8 Å². The van der Waals surface area contributed by atoms with Crippen LogP contribution in [0.5, 0.6) is 0 Å². The summed E-state index contributed by atoms with van der Waals surface area (Å²) in [6.07, 6.45) is 4.86. The Balaban J connectivity index is 2.41. The van der Waals surface area contributed by atoms with Crippen molar-refractivity contribution in [2.45, 2.75) is 38.9 Å². The zero-order valence-corrected chi connectivity index (χ0v) is 11.4. The van der Waals surface area contributed by atoms with Crippen LogP contribution in [0.2, 0.25) is 0 Å². The molecule has 102 valence electrons. The lowest BCUT2D eigenvalue weighted by Gasteiger charge is -2.18. The molecule has 2 atom stereocenters. The van der Waals surface area contributed by atoms with Crippen LogP contribution in [0.4, 0.5) is 0 Å². The van der Waals surface area contributed by atoms with Gasteiger partial charge >= 0.3 is 0 Å². The van der Waals surface area contributed by atoms with Crippen molar-refractivity contribution >= 4 is 11.6 Å². The van der Waals surface area contributed by atoms with Crippen molar-refractivity contribution in [2.75, 3.05) is 6.61 Å². The Hall–Kier alpha value is -1.52. The number of Topliss-reactive ketones (excluding diaryl/α,β-unsaturated/α-hetero) is 2. The molecule has 1 fully saturated rings. The second-order valence-corrected chi connectivity index (χ2v) is 5.12. The molecule has 2 rings (SSSR count). The summed E-state index contributed by atoms with van der Waals surface area (Å²) in [5.41, 5.74) is 0.500. The van der Waals surface area contributed by atoms with Crippen molar-refractivity contribution in [2.24, 2.45) is 0 Å². The van der Waals surface area contributed by atoms with Crippen molar-refractivity contribution in [3.63, 3.8) is 0 Å². The van der Waals surface area contributed by atoms with E-state index >= 15 is 0 Å². The summed E-state index contributed by atoms with van der Waals surface area (Å²) in [6, 6.07) is 0. The summed E-state index contributed by atoms with van der Waals surface area (Å²) in [6.45, 7) is 5.21. The molecule has 0 spiro atoms. The first kappa shape index (κ1) is 13.9. The van der Waals surface area contributed by atoms with E-state index in [1.54, 1.807) is 19.1 Å². The third-order valence-corrected chi connectivity index (χ3v) is 3.49. The highest BCUT2D eigenvalue weighted by molar-refractivity contribution is 6.22. The maximum absolute atomic E-state index is 12.5. The predicted octanol–water partition coefficient (Wildman–Crippen LogP) is 1.50. The summed E-state index contributed by atoms with van der Waals surface area (Å²) < 4.78 is 5.42. The molecule has 0 aromatic rings. The smallest absolute Gasteiger partial charge is 0.198 e. The van der Waals surface area contributed by atoms with Crippen LogP contribution < -0.4 is 0 Å². The quantitative estimate of drug-likeness (QED) is 0.616. The van der Waals surface area contributed by atoms with Gasteiger partial charge in [0.25, 0.3) is 0 Å². The standard InChI is InChI=1S/C15H18O4/c1-4-5-10-11(8-16)12(17)14-15(19-14,13(10)18)7-6-9(2)3/h4-6,14,16H,7-8H2,1-3H3/b5-4+/t14-,15+/m0/s1. The first-order valence-electron chi connectivity index (χ1n) is 6.35. The number of carbonyl (C=O) groups is 2. The van der Waals surface area contributed by atoms with Crippen LogP contribution in [0.3, 0.4) is 0 Å². The van der Waals surface area contributed by atoms with E-state index in [1.807, 2.05) is 19.9 Å². The number of epoxide rings is 1. The molecule has 1 aliphatic heterocycles. The van der Waals surface area contributed by atoms with E-state index in [0.29, 0.717) is 6.42 Å². The zero-order chi connectivity index (χ0) is 14.2. The summed E-state index contributed by atoms with van der Waals surface area (Å²) in [5.74, 6) is -0.464. The van der Waals surface area contributed by atoms with Gasteiger partial charge in [-0.25, -0.2) is 0 Å². The molecule has 1 heterocycles. The molecule has 1 N–H and O–H groups in total. The van der Waals surface area contributed by atoms with Gasteiger partial charge < -0.3 is 9.84 Å². The van der Waals surface area contributed by atoms with E-state index in [0.717, 1.165) is 5.57 Å². The average molecular weight is 262 g/mol. The minimum atomic E-state index is -1.03. The third-order valence-electron chi connectivity index (χ3n) is 3.49. The van der Waals surface area contributed by atoms with Crippen molar-refractivity contribution in [3.8, 4) is 0 Å². The first-order valence-corrected chi connectivity index (χ1v) is 6.35. The molecular weight excluding hydrogens is 244 g/mol. The van der Waals surface area contributed by atoms with Crippen molar-refractivity contribution < 1.29 is 19.4 Å². The lowest BCUT2D eigenvalue weighted by Crippen LogP contribution is -2.38. The van der Waals surface area contributed by atoms with Crippen LogP contribution in [0, 0.1) is 0 Å². The average Bonchev–Trinajstić information content (AvgIpc) is 3.11. The Labute approximate surface area is 112 Å². The van der Waals surface area contributed by atoms with Crippen LogP contribution in [0.25, 0.3) is 0 Å². The van der Waals surface area contributed by atoms with Crippen LogP contribution in [-0.4, -0.2) is 35.0 Å². The van der Waals surface area contributed by atoms with Crippen molar-refractivity contribution in [1.29, 1.82) is 0 Å². The number of allylic oxidation sites excluding steroid dienone is 3. The van der Waals surface area contributed by atoms with Crippen LogP contribution in [0.15, 0.2) is 34.9 Å². The molecule has 4 nitrogen and oxygen atoms in total. The highest BCUT2D eigenvalue weighted by Gasteiger charge is 2.68. The van der Waals surface area contributed by atoms with E-state index < -0.39 is 18.3 Å². The Bertz CT molecular complexity index is 520. The molecule has 1 saturated heterocycles. The maximum atomic E-state index is 12.5. The topological polar surface area (TPSA) is 66.9 Å². The maximum Gasteiger partial charge on any atom is 0.198 e. The summed E-state index contributed by atoms with van der Waals surface area (Å²) >= 11 is 0. The summed E-state index contributed by atoms with van der Waals surface area (Å²) in [4.78, 5) is 24.6. The van der Waals surface area contributed by atoms with Gasteiger partial charge in [0.15, 0.2) is 23.3 Å². The lowest BCUT2D eigenvalue weighted by atomic mass is 9.79. The third kappa shape index (κ3) is 2.11. The monoisotopic (exact) mass is 262 g/mol. The Morgan fingerprint density at radius 1 is 1.42 bits per heavy atom. The number of hydrogen-bond acceptors (Lipinski definition) is 4. The number of ether oxygens (including phenoxy) is 1. The first-order chi connectivity index (χ1) is 8.97. The van der Waals surface area contributed by atoms with Gasteiger partial charge in [0.05, 0.1) is 6.61 Å². The molecule has 0 radical (unpaired) electrons. The second-order valence-electron chi connectivity index (χ2n) is 5.12. The summed E-state index contributed by atoms with van der Waals surface area (Å²) in [5, 5.41) is 9.28. The SMILES string of the molecule is C/C=C/C1=C(CO)C(=O)[C@@H]2O[C@]2(CC=C(C)C)C1=O. The van der Waals surface area contributed by atoms with E-state index in [9.17, 15) is 14.7 Å². The van der Waals surface area contributed by atoms with Gasteiger partial charge in [0.1, 0.15) is 0 Å². The van der Waals surface area contributed by atoms with E-state index in [4.69, 9.17) is 4.74 Å². The fraction of sp³-hybridized carbons (Fsp3) is 0.467. The molecule has 2 aliphatic rings. The second kappa shape index (κ2) is 4.87. The number of carbonyl (C=O) groups excluding carboxylic acids is 2. The Kier molecular flexibility index (Phi) is 3.56. The van der Waals surface area contributed by atoms with Gasteiger partial charge in [0, 0.05) is 17.6 Å². The predicted molar refractivity (Wildman–Crippen MR) is 70.6 cm³/mol. The Morgan fingerprint density at radius 2 is 2.11 bits per heavy atom.